The van der Waals surface area contributed by atoms with E-state index >= 15 is 0 Å². The van der Waals surface area contributed by atoms with Crippen LogP contribution in [0.2, 0.25) is 0 Å². The topological polar surface area (TPSA) is 67.4 Å². The van der Waals surface area contributed by atoms with Crippen LogP contribution < -0.4 is 15.4 Å². The van der Waals surface area contributed by atoms with E-state index in [4.69, 9.17) is 4.74 Å². The minimum atomic E-state index is -0.259. The van der Waals surface area contributed by atoms with Gasteiger partial charge in [0.15, 0.2) is 6.61 Å². The lowest BCUT2D eigenvalue weighted by atomic mass is 10.1. The molecule has 0 aromatic heterocycles. The van der Waals surface area contributed by atoms with Crippen LogP contribution in [-0.2, 0) is 11.2 Å². The number of carbonyl (C=O) groups excluding carboxylic acids is 2. The molecule has 0 aliphatic carbocycles. The summed E-state index contributed by atoms with van der Waals surface area (Å²) >= 11 is 0. The van der Waals surface area contributed by atoms with Crippen molar-refractivity contribution in [1.29, 1.82) is 0 Å². The standard InChI is InChI=1S/C25H26N2O3/c1-19(12-13-20-8-4-2-5-9-20)26-25(29)21-14-16-22(17-15-21)27-24(28)18-30-23-10-6-3-7-11-23/h2-11,14-17,19H,12-13,18H2,1H3,(H,26,29)(H,27,28). The van der Waals surface area contributed by atoms with Crippen LogP contribution >= 0.6 is 0 Å². The maximum atomic E-state index is 12.4. The molecule has 2 amide bonds. The van der Waals surface area contributed by atoms with E-state index < -0.39 is 0 Å². The molecule has 0 spiro atoms. The van der Waals surface area contributed by atoms with Crippen LogP contribution in [0.25, 0.3) is 0 Å². The van der Waals surface area contributed by atoms with Crippen molar-refractivity contribution in [3.63, 3.8) is 0 Å². The van der Waals surface area contributed by atoms with Crippen molar-refractivity contribution in [3.05, 3.63) is 96.1 Å². The second-order valence-corrected chi connectivity index (χ2v) is 7.13. The lowest BCUT2D eigenvalue weighted by Gasteiger charge is -2.14. The number of hydrogen-bond acceptors (Lipinski definition) is 3. The average molecular weight is 402 g/mol. The molecule has 3 rings (SSSR count). The number of amides is 2. The van der Waals surface area contributed by atoms with Crippen molar-refractivity contribution in [3.8, 4) is 5.75 Å². The van der Waals surface area contributed by atoms with Crippen molar-refractivity contribution in [2.24, 2.45) is 0 Å². The molecule has 0 bridgehead atoms. The zero-order valence-electron chi connectivity index (χ0n) is 17.0. The number of benzene rings is 3. The summed E-state index contributed by atoms with van der Waals surface area (Å²) < 4.78 is 5.42. The van der Waals surface area contributed by atoms with Crippen molar-refractivity contribution in [2.45, 2.75) is 25.8 Å². The minimum Gasteiger partial charge on any atom is -0.484 e. The minimum absolute atomic E-state index is 0.0622. The van der Waals surface area contributed by atoms with E-state index in [0.717, 1.165) is 12.8 Å². The van der Waals surface area contributed by atoms with Crippen LogP contribution in [0.3, 0.4) is 0 Å². The van der Waals surface area contributed by atoms with Crippen molar-refractivity contribution in [2.75, 3.05) is 11.9 Å². The summed E-state index contributed by atoms with van der Waals surface area (Å²) in [7, 11) is 0. The Hall–Kier alpha value is -3.60. The first-order valence-electron chi connectivity index (χ1n) is 10.0. The molecule has 1 unspecified atom stereocenters. The van der Waals surface area contributed by atoms with Crippen LogP contribution in [0.15, 0.2) is 84.9 Å². The average Bonchev–Trinajstić information content (AvgIpc) is 2.78. The lowest BCUT2D eigenvalue weighted by molar-refractivity contribution is -0.118. The first-order chi connectivity index (χ1) is 14.6. The van der Waals surface area contributed by atoms with Gasteiger partial charge in [-0.15, -0.1) is 0 Å². The lowest BCUT2D eigenvalue weighted by Crippen LogP contribution is -2.32. The number of para-hydroxylation sites is 1. The molecule has 0 fully saturated rings. The van der Waals surface area contributed by atoms with Gasteiger partial charge in [0, 0.05) is 17.3 Å². The van der Waals surface area contributed by atoms with Gasteiger partial charge >= 0.3 is 0 Å². The summed E-state index contributed by atoms with van der Waals surface area (Å²) in [6.45, 7) is 1.92. The van der Waals surface area contributed by atoms with Gasteiger partial charge in [0.1, 0.15) is 5.75 Å². The first-order valence-corrected chi connectivity index (χ1v) is 10.0. The Morgan fingerprint density at radius 2 is 1.50 bits per heavy atom. The molecule has 2 N–H and O–H groups in total. The molecule has 0 aliphatic heterocycles. The fourth-order valence-electron chi connectivity index (χ4n) is 2.97. The van der Waals surface area contributed by atoms with Crippen LogP contribution in [0.5, 0.6) is 5.75 Å². The second kappa shape index (κ2) is 10.8. The zero-order valence-corrected chi connectivity index (χ0v) is 17.0. The van der Waals surface area contributed by atoms with E-state index in [1.54, 1.807) is 36.4 Å². The highest BCUT2D eigenvalue weighted by atomic mass is 16.5. The monoisotopic (exact) mass is 402 g/mol. The summed E-state index contributed by atoms with van der Waals surface area (Å²) in [6.07, 6.45) is 1.78. The third-order valence-corrected chi connectivity index (χ3v) is 4.63. The molecule has 5 nitrogen and oxygen atoms in total. The Morgan fingerprint density at radius 3 is 2.17 bits per heavy atom. The van der Waals surface area contributed by atoms with Gasteiger partial charge in [0.25, 0.3) is 11.8 Å². The fraction of sp³-hybridized carbons (Fsp3) is 0.200. The molecular formula is C25H26N2O3. The highest BCUT2D eigenvalue weighted by Crippen LogP contribution is 2.12. The Morgan fingerprint density at radius 1 is 0.867 bits per heavy atom. The highest BCUT2D eigenvalue weighted by molar-refractivity contribution is 5.96. The van der Waals surface area contributed by atoms with Crippen molar-refractivity contribution in [1.82, 2.24) is 5.32 Å². The van der Waals surface area contributed by atoms with Gasteiger partial charge in [-0.2, -0.15) is 0 Å². The van der Waals surface area contributed by atoms with E-state index in [0.29, 0.717) is 17.0 Å². The van der Waals surface area contributed by atoms with Gasteiger partial charge in [-0.05, 0) is 61.7 Å². The first kappa shape index (κ1) is 21.1. The summed E-state index contributed by atoms with van der Waals surface area (Å²) in [5.74, 6) is 0.257. The molecule has 30 heavy (non-hydrogen) atoms. The molecule has 154 valence electrons. The predicted molar refractivity (Wildman–Crippen MR) is 119 cm³/mol. The molecule has 0 radical (unpaired) electrons. The van der Waals surface area contributed by atoms with Crippen LogP contribution in [0.1, 0.15) is 29.3 Å². The Balaban J connectivity index is 1.43. The molecule has 1 atom stereocenters. The van der Waals surface area contributed by atoms with Crippen LogP contribution in [0, 0.1) is 0 Å². The number of ether oxygens (including phenoxy) is 1. The smallest absolute Gasteiger partial charge is 0.262 e. The van der Waals surface area contributed by atoms with Gasteiger partial charge in [-0.3, -0.25) is 9.59 Å². The molecule has 0 saturated heterocycles. The van der Waals surface area contributed by atoms with E-state index in [9.17, 15) is 9.59 Å². The predicted octanol–water partition coefficient (Wildman–Crippen LogP) is 4.46. The van der Waals surface area contributed by atoms with Crippen molar-refractivity contribution < 1.29 is 14.3 Å². The Kier molecular flexibility index (Phi) is 7.61. The van der Waals surface area contributed by atoms with E-state index in [1.165, 1.54) is 5.56 Å². The van der Waals surface area contributed by atoms with Crippen molar-refractivity contribution >= 4 is 17.5 Å². The van der Waals surface area contributed by atoms with Gasteiger partial charge in [-0.25, -0.2) is 0 Å². The summed E-state index contributed by atoms with van der Waals surface area (Å²) in [6, 6.07) is 26.3. The molecule has 5 heteroatoms. The van der Waals surface area contributed by atoms with E-state index in [-0.39, 0.29) is 24.5 Å². The molecule has 0 saturated carbocycles. The normalized spacial score (nSPS) is 11.4. The number of anilines is 1. The second-order valence-electron chi connectivity index (χ2n) is 7.13. The maximum absolute atomic E-state index is 12.4. The third-order valence-electron chi connectivity index (χ3n) is 4.63. The van der Waals surface area contributed by atoms with Gasteiger partial charge in [-0.1, -0.05) is 48.5 Å². The Bertz CT molecular complexity index is 941. The summed E-state index contributed by atoms with van der Waals surface area (Å²) in [5, 5.41) is 5.78. The van der Waals surface area contributed by atoms with Crippen LogP contribution in [-0.4, -0.2) is 24.5 Å². The molecule has 3 aromatic rings. The van der Waals surface area contributed by atoms with Gasteiger partial charge in [0.2, 0.25) is 0 Å². The molecule has 3 aromatic carbocycles. The van der Waals surface area contributed by atoms with Crippen LogP contribution in [0.4, 0.5) is 5.69 Å². The maximum Gasteiger partial charge on any atom is 0.262 e. The number of hydrogen-bond donors (Lipinski definition) is 2. The number of carbonyl (C=O) groups is 2. The molecular weight excluding hydrogens is 376 g/mol. The van der Waals surface area contributed by atoms with Gasteiger partial charge < -0.3 is 15.4 Å². The fourth-order valence-corrected chi connectivity index (χ4v) is 2.97. The Labute approximate surface area is 177 Å². The zero-order chi connectivity index (χ0) is 21.2. The number of rotatable bonds is 9. The molecule has 0 heterocycles. The SMILES string of the molecule is CC(CCc1ccccc1)NC(=O)c1ccc(NC(=O)COc2ccccc2)cc1. The highest BCUT2D eigenvalue weighted by Gasteiger charge is 2.11. The number of nitrogens with one attached hydrogen (secondary N) is 2. The molecule has 0 aliphatic rings. The third kappa shape index (κ3) is 6.78. The van der Waals surface area contributed by atoms with Gasteiger partial charge in [0.05, 0.1) is 0 Å². The number of aryl methyl sites for hydroxylation is 1. The quantitative estimate of drug-likeness (QED) is 0.555. The summed E-state index contributed by atoms with van der Waals surface area (Å²) in [5.41, 5.74) is 2.43. The van der Waals surface area contributed by atoms with E-state index in [1.807, 2.05) is 43.3 Å². The largest absolute Gasteiger partial charge is 0.484 e. The summed E-state index contributed by atoms with van der Waals surface area (Å²) in [4.78, 5) is 24.5. The van der Waals surface area contributed by atoms with E-state index in [2.05, 4.69) is 22.8 Å².